The zero-order valence-corrected chi connectivity index (χ0v) is 9.93. The molecule has 3 heteroatoms. The maximum absolute atomic E-state index is 5.84. The zero-order chi connectivity index (χ0) is 10.2. The zero-order valence-electron chi connectivity index (χ0n) is 8.34. The van der Waals surface area contributed by atoms with E-state index >= 15 is 0 Å². The number of ether oxygens (including phenoxy) is 2. The highest BCUT2D eigenvalue weighted by molar-refractivity contribution is 9.09. The number of hydrogen-bond acceptors (Lipinski definition) is 2. The largest absolute Gasteiger partial charge is 0.497 e. The molecule has 0 radical (unpaired) electrons. The number of fused-ring (bicyclic) bond motifs is 1. The summed E-state index contributed by atoms with van der Waals surface area (Å²) in [5.74, 6) is 1.87. The normalized spacial score (nSPS) is 24.2. The first kappa shape index (κ1) is 9.84. The van der Waals surface area contributed by atoms with Gasteiger partial charge in [-0.05, 0) is 25.1 Å². The fourth-order valence-corrected chi connectivity index (χ4v) is 2.01. The molecule has 14 heavy (non-hydrogen) atoms. The van der Waals surface area contributed by atoms with Gasteiger partial charge in [0.1, 0.15) is 17.1 Å². The van der Waals surface area contributed by atoms with E-state index in [2.05, 4.69) is 22.9 Å². The Morgan fingerprint density at radius 2 is 2.36 bits per heavy atom. The molecule has 1 heterocycles. The van der Waals surface area contributed by atoms with E-state index in [1.54, 1.807) is 7.11 Å². The quantitative estimate of drug-likeness (QED) is 0.758. The molecule has 1 aromatic rings. The lowest BCUT2D eigenvalue weighted by Crippen LogP contribution is -2.31. The van der Waals surface area contributed by atoms with Crippen molar-refractivity contribution in [2.75, 3.05) is 12.4 Å². The molecule has 0 amide bonds. The predicted molar refractivity (Wildman–Crippen MR) is 59.5 cm³/mol. The molecule has 0 fully saturated rings. The molecule has 0 saturated heterocycles. The van der Waals surface area contributed by atoms with Gasteiger partial charge in [-0.25, -0.2) is 0 Å². The lowest BCUT2D eigenvalue weighted by molar-refractivity contribution is 0.145. The first-order valence-corrected chi connectivity index (χ1v) is 5.71. The fraction of sp³-hybridized carbons (Fsp3) is 0.455. The van der Waals surface area contributed by atoms with Crippen LogP contribution in [0.25, 0.3) is 0 Å². The molecular formula is C11H13BrO2. The van der Waals surface area contributed by atoms with Gasteiger partial charge in [-0.3, -0.25) is 0 Å². The smallest absolute Gasteiger partial charge is 0.123 e. The monoisotopic (exact) mass is 256 g/mol. The molecular weight excluding hydrogens is 244 g/mol. The van der Waals surface area contributed by atoms with Crippen LogP contribution in [-0.4, -0.2) is 18.0 Å². The summed E-state index contributed by atoms with van der Waals surface area (Å²) in [5.41, 5.74) is 1.13. The Bertz CT molecular complexity index is 351. The summed E-state index contributed by atoms with van der Waals surface area (Å²) in [5, 5.41) is 0.844. The Morgan fingerprint density at radius 3 is 3.00 bits per heavy atom. The van der Waals surface area contributed by atoms with Crippen LogP contribution < -0.4 is 9.47 Å². The van der Waals surface area contributed by atoms with E-state index < -0.39 is 0 Å². The molecule has 0 aliphatic carbocycles. The van der Waals surface area contributed by atoms with Crippen LogP contribution in [-0.2, 0) is 6.42 Å². The van der Waals surface area contributed by atoms with Gasteiger partial charge in [0.2, 0.25) is 0 Å². The molecule has 1 unspecified atom stereocenters. The van der Waals surface area contributed by atoms with Gasteiger partial charge in [-0.2, -0.15) is 0 Å². The van der Waals surface area contributed by atoms with Crippen molar-refractivity contribution >= 4 is 15.9 Å². The van der Waals surface area contributed by atoms with E-state index in [1.807, 2.05) is 18.2 Å². The van der Waals surface area contributed by atoms with E-state index in [-0.39, 0.29) is 5.60 Å². The van der Waals surface area contributed by atoms with Gasteiger partial charge in [-0.15, -0.1) is 0 Å². The number of benzene rings is 1. The molecule has 2 rings (SSSR count). The van der Waals surface area contributed by atoms with Crippen molar-refractivity contribution in [1.82, 2.24) is 0 Å². The molecule has 0 spiro atoms. The topological polar surface area (TPSA) is 18.5 Å². The number of methoxy groups -OCH3 is 1. The summed E-state index contributed by atoms with van der Waals surface area (Å²) < 4.78 is 11.0. The highest BCUT2D eigenvalue weighted by Gasteiger charge is 2.33. The van der Waals surface area contributed by atoms with Crippen LogP contribution in [0, 0.1) is 0 Å². The van der Waals surface area contributed by atoms with Gasteiger partial charge in [0.05, 0.1) is 7.11 Å². The highest BCUT2D eigenvalue weighted by atomic mass is 79.9. The average molecular weight is 257 g/mol. The molecule has 0 saturated carbocycles. The summed E-state index contributed by atoms with van der Waals surface area (Å²) in [6.07, 6.45) is 0.935. The summed E-state index contributed by atoms with van der Waals surface area (Å²) >= 11 is 3.47. The Balaban J connectivity index is 2.31. The fourth-order valence-electron chi connectivity index (χ4n) is 1.70. The van der Waals surface area contributed by atoms with Crippen molar-refractivity contribution in [3.63, 3.8) is 0 Å². The third-order valence-corrected chi connectivity index (χ3v) is 3.66. The van der Waals surface area contributed by atoms with Crippen molar-refractivity contribution in [2.24, 2.45) is 0 Å². The second-order valence-electron chi connectivity index (χ2n) is 3.84. The molecule has 1 atom stereocenters. The number of alkyl halides is 1. The Hall–Kier alpha value is -0.700. The van der Waals surface area contributed by atoms with Gasteiger partial charge < -0.3 is 9.47 Å². The van der Waals surface area contributed by atoms with E-state index in [0.717, 1.165) is 23.2 Å². The van der Waals surface area contributed by atoms with Crippen molar-refractivity contribution in [1.29, 1.82) is 0 Å². The van der Waals surface area contributed by atoms with Crippen molar-refractivity contribution in [3.05, 3.63) is 23.8 Å². The van der Waals surface area contributed by atoms with E-state index in [9.17, 15) is 0 Å². The van der Waals surface area contributed by atoms with Crippen LogP contribution in [0.5, 0.6) is 11.5 Å². The van der Waals surface area contributed by atoms with Crippen molar-refractivity contribution in [3.8, 4) is 11.5 Å². The maximum Gasteiger partial charge on any atom is 0.123 e. The van der Waals surface area contributed by atoms with Crippen LogP contribution >= 0.6 is 15.9 Å². The summed E-state index contributed by atoms with van der Waals surface area (Å²) in [6, 6.07) is 5.95. The first-order valence-electron chi connectivity index (χ1n) is 4.59. The Morgan fingerprint density at radius 1 is 1.57 bits per heavy atom. The van der Waals surface area contributed by atoms with Gasteiger partial charge in [0.15, 0.2) is 0 Å². The van der Waals surface area contributed by atoms with Crippen LogP contribution in [0.15, 0.2) is 18.2 Å². The third kappa shape index (κ3) is 1.61. The van der Waals surface area contributed by atoms with Crippen molar-refractivity contribution in [2.45, 2.75) is 18.9 Å². The summed E-state index contributed by atoms with van der Waals surface area (Å²) in [4.78, 5) is 0. The molecule has 1 aromatic carbocycles. The van der Waals surface area contributed by atoms with Gasteiger partial charge in [0.25, 0.3) is 0 Å². The van der Waals surface area contributed by atoms with Gasteiger partial charge >= 0.3 is 0 Å². The number of halogens is 1. The molecule has 0 aromatic heterocycles. The minimum absolute atomic E-state index is 0.102. The minimum Gasteiger partial charge on any atom is -0.497 e. The SMILES string of the molecule is COc1ccc2c(c1)CC(C)(CBr)O2. The van der Waals surface area contributed by atoms with Gasteiger partial charge in [-0.1, -0.05) is 15.9 Å². The van der Waals surface area contributed by atoms with Crippen LogP contribution in [0.4, 0.5) is 0 Å². The first-order chi connectivity index (χ1) is 6.67. The second-order valence-corrected chi connectivity index (χ2v) is 4.40. The molecule has 1 aliphatic rings. The average Bonchev–Trinajstić information content (AvgIpc) is 2.54. The van der Waals surface area contributed by atoms with Crippen LogP contribution in [0.1, 0.15) is 12.5 Å². The molecule has 76 valence electrons. The van der Waals surface area contributed by atoms with E-state index in [0.29, 0.717) is 0 Å². The lowest BCUT2D eigenvalue weighted by Gasteiger charge is -2.20. The molecule has 0 N–H and O–H groups in total. The lowest BCUT2D eigenvalue weighted by atomic mass is 10.0. The second kappa shape index (κ2) is 3.46. The number of rotatable bonds is 2. The van der Waals surface area contributed by atoms with Gasteiger partial charge in [0, 0.05) is 17.3 Å². The molecule has 0 bridgehead atoms. The third-order valence-electron chi connectivity index (χ3n) is 2.47. The number of hydrogen-bond donors (Lipinski definition) is 0. The Labute approximate surface area is 92.3 Å². The van der Waals surface area contributed by atoms with E-state index in [4.69, 9.17) is 9.47 Å². The maximum atomic E-state index is 5.84. The van der Waals surface area contributed by atoms with E-state index in [1.165, 1.54) is 5.56 Å². The predicted octanol–water partition coefficient (Wildman–Crippen LogP) is 2.78. The van der Waals surface area contributed by atoms with Crippen LogP contribution in [0.3, 0.4) is 0 Å². The summed E-state index contributed by atoms with van der Waals surface area (Å²) in [7, 11) is 1.68. The molecule has 1 aliphatic heterocycles. The summed E-state index contributed by atoms with van der Waals surface area (Å²) in [6.45, 7) is 2.11. The van der Waals surface area contributed by atoms with Crippen LogP contribution in [0.2, 0.25) is 0 Å². The van der Waals surface area contributed by atoms with Crippen molar-refractivity contribution < 1.29 is 9.47 Å². The highest BCUT2D eigenvalue weighted by Crippen LogP contribution is 2.37. The minimum atomic E-state index is -0.102. The Kier molecular flexibility index (Phi) is 2.43. The standard InChI is InChI=1S/C11H13BrO2/c1-11(7-12)6-8-5-9(13-2)3-4-10(8)14-11/h3-5H,6-7H2,1-2H3. The molecule has 2 nitrogen and oxygen atoms in total.